The standard InChI is InChI=1S/C24H28N2O5/c1-24(2,3)31-23(28)26-12-10-18(11-13-26)20-14-19(22(27)29-4)21(15-25-20)30-16-17-8-6-5-7-9-17/h5-10,14-15H,11-13,16H2,1-4H3. The average molecular weight is 424 g/mol. The van der Waals surface area contributed by atoms with E-state index in [0.29, 0.717) is 43.1 Å². The summed E-state index contributed by atoms with van der Waals surface area (Å²) in [6.07, 6.45) is 3.75. The molecule has 2 heterocycles. The molecule has 1 aromatic carbocycles. The van der Waals surface area contributed by atoms with Crippen LogP contribution in [0.5, 0.6) is 5.75 Å². The molecular weight excluding hydrogens is 396 g/mol. The first-order chi connectivity index (χ1) is 14.8. The fourth-order valence-electron chi connectivity index (χ4n) is 3.13. The van der Waals surface area contributed by atoms with Gasteiger partial charge in [-0.1, -0.05) is 36.4 Å². The van der Waals surface area contributed by atoms with Gasteiger partial charge in [0.15, 0.2) is 5.75 Å². The molecule has 0 aliphatic carbocycles. The third-order valence-electron chi connectivity index (χ3n) is 4.70. The summed E-state index contributed by atoms with van der Waals surface area (Å²) < 4.78 is 16.2. The van der Waals surface area contributed by atoms with Crippen molar-refractivity contribution < 1.29 is 23.8 Å². The fraction of sp³-hybridized carbons (Fsp3) is 0.375. The second-order valence-corrected chi connectivity index (χ2v) is 8.24. The summed E-state index contributed by atoms with van der Waals surface area (Å²) in [7, 11) is 1.34. The number of benzene rings is 1. The van der Waals surface area contributed by atoms with E-state index in [1.807, 2.05) is 57.2 Å². The van der Waals surface area contributed by atoms with Crippen LogP contribution in [0.3, 0.4) is 0 Å². The number of hydrogen-bond donors (Lipinski definition) is 0. The lowest BCUT2D eigenvalue weighted by molar-refractivity contribution is 0.0270. The van der Waals surface area contributed by atoms with Gasteiger partial charge in [-0.05, 0) is 44.4 Å². The zero-order valence-electron chi connectivity index (χ0n) is 18.4. The van der Waals surface area contributed by atoms with Crippen LogP contribution in [0.1, 0.15) is 48.8 Å². The normalized spacial score (nSPS) is 13.9. The highest BCUT2D eigenvalue weighted by atomic mass is 16.6. The summed E-state index contributed by atoms with van der Waals surface area (Å²) in [6, 6.07) is 11.4. The highest BCUT2D eigenvalue weighted by molar-refractivity contribution is 5.93. The molecule has 31 heavy (non-hydrogen) atoms. The zero-order chi connectivity index (χ0) is 22.4. The van der Waals surface area contributed by atoms with Crippen molar-refractivity contribution >= 4 is 17.6 Å². The maximum atomic E-state index is 12.3. The molecule has 1 amide bonds. The first-order valence-electron chi connectivity index (χ1n) is 10.2. The van der Waals surface area contributed by atoms with Crippen molar-refractivity contribution in [2.75, 3.05) is 20.2 Å². The number of nitrogens with zero attached hydrogens (tertiary/aromatic N) is 2. The molecule has 0 radical (unpaired) electrons. The quantitative estimate of drug-likeness (QED) is 0.659. The number of pyridine rings is 1. The van der Waals surface area contributed by atoms with Crippen LogP contribution in [0.4, 0.5) is 4.79 Å². The van der Waals surface area contributed by atoms with Gasteiger partial charge in [-0.2, -0.15) is 0 Å². The van der Waals surface area contributed by atoms with Gasteiger partial charge in [-0.25, -0.2) is 9.59 Å². The summed E-state index contributed by atoms with van der Waals surface area (Å²) in [5.74, 6) is -0.121. The SMILES string of the molecule is COC(=O)c1cc(C2=CCN(C(=O)OC(C)(C)C)CC2)ncc1OCc1ccccc1. The molecule has 0 bridgehead atoms. The summed E-state index contributed by atoms with van der Waals surface area (Å²) in [5.41, 5.74) is 2.39. The average Bonchev–Trinajstić information content (AvgIpc) is 2.76. The summed E-state index contributed by atoms with van der Waals surface area (Å²) in [5, 5.41) is 0. The van der Waals surface area contributed by atoms with E-state index >= 15 is 0 Å². The fourth-order valence-corrected chi connectivity index (χ4v) is 3.13. The van der Waals surface area contributed by atoms with Gasteiger partial charge in [0.1, 0.15) is 17.8 Å². The molecule has 0 unspecified atom stereocenters. The minimum atomic E-state index is -0.534. The summed E-state index contributed by atoms with van der Waals surface area (Å²) in [6.45, 7) is 6.79. The number of aromatic nitrogens is 1. The third kappa shape index (κ3) is 6.07. The van der Waals surface area contributed by atoms with E-state index in [1.54, 1.807) is 17.2 Å². The van der Waals surface area contributed by atoms with E-state index in [2.05, 4.69) is 4.98 Å². The minimum Gasteiger partial charge on any atom is -0.486 e. The van der Waals surface area contributed by atoms with Crippen molar-refractivity contribution in [3.8, 4) is 5.75 Å². The first kappa shape index (κ1) is 22.3. The van der Waals surface area contributed by atoms with Gasteiger partial charge in [-0.3, -0.25) is 4.98 Å². The van der Waals surface area contributed by atoms with Crippen molar-refractivity contribution in [3.63, 3.8) is 0 Å². The molecule has 0 saturated heterocycles. The predicted octanol–water partition coefficient (Wildman–Crippen LogP) is 4.47. The van der Waals surface area contributed by atoms with Gasteiger partial charge in [0.25, 0.3) is 0 Å². The van der Waals surface area contributed by atoms with E-state index in [-0.39, 0.29) is 6.09 Å². The van der Waals surface area contributed by atoms with Crippen LogP contribution in [0.2, 0.25) is 0 Å². The Morgan fingerprint density at radius 1 is 1.16 bits per heavy atom. The van der Waals surface area contributed by atoms with Crippen LogP contribution in [0.15, 0.2) is 48.7 Å². The topological polar surface area (TPSA) is 78.0 Å². The van der Waals surface area contributed by atoms with Crippen molar-refractivity contribution in [3.05, 3.63) is 65.5 Å². The number of methoxy groups -OCH3 is 1. The molecule has 3 rings (SSSR count). The van der Waals surface area contributed by atoms with E-state index in [4.69, 9.17) is 14.2 Å². The molecule has 0 atom stereocenters. The Hall–Kier alpha value is -3.35. The highest BCUT2D eigenvalue weighted by Gasteiger charge is 2.25. The number of carbonyl (C=O) groups is 2. The van der Waals surface area contributed by atoms with E-state index in [1.165, 1.54) is 7.11 Å². The molecule has 2 aromatic rings. The Kier molecular flexibility index (Phi) is 6.95. The number of carbonyl (C=O) groups excluding carboxylic acids is 2. The van der Waals surface area contributed by atoms with Gasteiger partial charge in [-0.15, -0.1) is 0 Å². The lowest BCUT2D eigenvalue weighted by Gasteiger charge is -2.29. The minimum absolute atomic E-state index is 0.318. The van der Waals surface area contributed by atoms with Crippen molar-refractivity contribution in [2.45, 2.75) is 39.4 Å². The number of esters is 1. The molecular formula is C24H28N2O5. The van der Waals surface area contributed by atoms with Gasteiger partial charge in [0.2, 0.25) is 0 Å². The Balaban J connectivity index is 1.75. The summed E-state index contributed by atoms with van der Waals surface area (Å²) in [4.78, 5) is 30.7. The summed E-state index contributed by atoms with van der Waals surface area (Å²) >= 11 is 0. The van der Waals surface area contributed by atoms with Gasteiger partial charge in [0.05, 0.1) is 19.0 Å². The van der Waals surface area contributed by atoms with Crippen molar-refractivity contribution in [1.82, 2.24) is 9.88 Å². The second kappa shape index (κ2) is 9.64. The lowest BCUT2D eigenvalue weighted by atomic mass is 10.0. The largest absolute Gasteiger partial charge is 0.486 e. The Morgan fingerprint density at radius 3 is 2.52 bits per heavy atom. The molecule has 0 N–H and O–H groups in total. The Labute approximate surface area is 182 Å². The van der Waals surface area contributed by atoms with Crippen LogP contribution in [-0.4, -0.2) is 47.7 Å². The Morgan fingerprint density at radius 2 is 1.90 bits per heavy atom. The van der Waals surface area contributed by atoms with Gasteiger partial charge in [0, 0.05) is 13.1 Å². The maximum absolute atomic E-state index is 12.3. The maximum Gasteiger partial charge on any atom is 0.410 e. The van der Waals surface area contributed by atoms with Crippen LogP contribution in [0, 0.1) is 0 Å². The zero-order valence-corrected chi connectivity index (χ0v) is 18.4. The third-order valence-corrected chi connectivity index (χ3v) is 4.70. The van der Waals surface area contributed by atoms with Crippen LogP contribution >= 0.6 is 0 Å². The lowest BCUT2D eigenvalue weighted by Crippen LogP contribution is -2.39. The monoisotopic (exact) mass is 424 g/mol. The number of rotatable bonds is 5. The number of amides is 1. The second-order valence-electron chi connectivity index (χ2n) is 8.24. The molecule has 7 nitrogen and oxygen atoms in total. The molecule has 0 saturated carbocycles. The van der Waals surface area contributed by atoms with Crippen LogP contribution in [0.25, 0.3) is 5.57 Å². The highest BCUT2D eigenvalue weighted by Crippen LogP contribution is 2.27. The van der Waals surface area contributed by atoms with Crippen molar-refractivity contribution in [1.29, 1.82) is 0 Å². The number of hydrogen-bond acceptors (Lipinski definition) is 6. The molecule has 0 fully saturated rings. The predicted molar refractivity (Wildman–Crippen MR) is 117 cm³/mol. The molecule has 7 heteroatoms. The van der Waals surface area contributed by atoms with E-state index in [0.717, 1.165) is 11.1 Å². The molecule has 1 aliphatic heterocycles. The van der Waals surface area contributed by atoms with Crippen molar-refractivity contribution in [2.24, 2.45) is 0 Å². The molecule has 1 aliphatic rings. The molecule has 0 spiro atoms. The molecule has 164 valence electrons. The smallest absolute Gasteiger partial charge is 0.410 e. The Bertz CT molecular complexity index is 964. The van der Waals surface area contributed by atoms with Gasteiger partial charge < -0.3 is 19.1 Å². The van der Waals surface area contributed by atoms with Gasteiger partial charge >= 0.3 is 12.1 Å². The van der Waals surface area contributed by atoms with Crippen LogP contribution in [-0.2, 0) is 16.1 Å². The molecule has 1 aromatic heterocycles. The van der Waals surface area contributed by atoms with Crippen LogP contribution < -0.4 is 4.74 Å². The first-order valence-corrected chi connectivity index (χ1v) is 10.2. The van der Waals surface area contributed by atoms with E-state index < -0.39 is 11.6 Å². The number of ether oxygens (including phenoxy) is 3. The van der Waals surface area contributed by atoms with E-state index in [9.17, 15) is 9.59 Å².